The number of aryl methyl sites for hydroxylation is 3. The van der Waals surface area contributed by atoms with Gasteiger partial charge in [0.15, 0.2) is 0 Å². The first-order chi connectivity index (χ1) is 25.3. The highest BCUT2D eigenvalue weighted by Gasteiger charge is 2.28. The molecule has 0 aromatic heterocycles. The van der Waals surface area contributed by atoms with E-state index in [4.69, 9.17) is 14.2 Å². The van der Waals surface area contributed by atoms with Gasteiger partial charge in [0.25, 0.3) is 0 Å². The maximum atomic E-state index is 11.3. The van der Waals surface area contributed by atoms with E-state index in [9.17, 15) is 24.4 Å². The molecule has 0 bridgehead atoms. The standard InChI is InChI=1S/C15H26N2O.C14H27NO5.C11H12N2O2/c1-13-8-9-15(14(2)12-13)18-11-7-6-10-17(5)16(3)4;1-3-5-11-19-13(16)7-9-15(18)10-8-14(17)20-12-6-4-2;1-9-3-2-4-10(7-9)12-6-5-11(15)13(12)8-14/h8-9,12H,6-7,10-11H2,1-5H3;18H,3-12H2,1-2H3;2-4,7-8H,5-6H2,1H3. The van der Waals surface area contributed by atoms with Crippen LogP contribution in [0.4, 0.5) is 5.69 Å². The van der Waals surface area contributed by atoms with Crippen molar-refractivity contribution in [1.82, 2.24) is 20.1 Å². The van der Waals surface area contributed by atoms with Crippen LogP contribution in [-0.4, -0.2) is 117 Å². The normalized spacial score (nSPS) is 12.3. The van der Waals surface area contributed by atoms with Crippen molar-refractivity contribution in [2.75, 3.05) is 72.2 Å². The Balaban J connectivity index is 0.000000400. The van der Waals surface area contributed by atoms with E-state index in [0.717, 1.165) is 78.7 Å². The van der Waals surface area contributed by atoms with Gasteiger partial charge >= 0.3 is 11.9 Å². The molecular weight excluding hydrogens is 678 g/mol. The number of ether oxygens (including phenoxy) is 3. The van der Waals surface area contributed by atoms with Crippen LogP contribution in [0.1, 0.15) is 88.3 Å². The van der Waals surface area contributed by atoms with Crippen molar-refractivity contribution in [3.05, 3.63) is 59.2 Å². The SMILES string of the molecule is CCCCOC(=O)CCN(O)CCC(=O)OCCCC.Cc1ccc(OCCCCN(C)N(C)C)c(C)c1.Cc1cccc(N2CCC(=O)N2C=O)c1. The highest BCUT2D eigenvalue weighted by atomic mass is 16.5. The van der Waals surface area contributed by atoms with Crippen LogP contribution in [0.3, 0.4) is 0 Å². The van der Waals surface area contributed by atoms with E-state index in [1.807, 2.05) is 45.0 Å². The van der Waals surface area contributed by atoms with Crippen molar-refractivity contribution in [3.8, 4) is 5.75 Å². The molecule has 2 amide bonds. The number of hydrogen-bond donors (Lipinski definition) is 1. The number of nitrogens with zero attached hydrogens (tertiary/aromatic N) is 5. The molecule has 0 aliphatic carbocycles. The molecule has 0 unspecified atom stereocenters. The molecule has 13 heteroatoms. The van der Waals surface area contributed by atoms with E-state index < -0.39 is 0 Å². The Morgan fingerprint density at radius 3 is 1.94 bits per heavy atom. The summed E-state index contributed by atoms with van der Waals surface area (Å²) in [5.74, 6) is 0.208. The van der Waals surface area contributed by atoms with E-state index in [1.165, 1.54) is 11.1 Å². The quantitative estimate of drug-likeness (QED) is 0.0684. The molecule has 13 nitrogen and oxygen atoms in total. The van der Waals surface area contributed by atoms with Gasteiger partial charge in [0.1, 0.15) is 5.75 Å². The molecule has 0 atom stereocenters. The Kier molecular flexibility index (Phi) is 24.4. The van der Waals surface area contributed by atoms with Crippen LogP contribution in [0.5, 0.6) is 5.75 Å². The van der Waals surface area contributed by atoms with E-state index in [0.29, 0.717) is 32.6 Å². The fourth-order valence-corrected chi connectivity index (χ4v) is 4.86. The number of rotatable bonds is 21. The van der Waals surface area contributed by atoms with Gasteiger partial charge < -0.3 is 19.4 Å². The van der Waals surface area contributed by atoms with Crippen LogP contribution in [-0.2, 0) is 28.7 Å². The van der Waals surface area contributed by atoms with Crippen molar-refractivity contribution in [1.29, 1.82) is 0 Å². The predicted octanol–water partition coefficient (Wildman–Crippen LogP) is 6.12. The summed E-state index contributed by atoms with van der Waals surface area (Å²) in [5, 5.41) is 17.6. The zero-order chi connectivity index (χ0) is 39.6. The summed E-state index contributed by atoms with van der Waals surface area (Å²) >= 11 is 0. The lowest BCUT2D eigenvalue weighted by molar-refractivity contribution is -0.152. The molecule has 1 aliphatic rings. The summed E-state index contributed by atoms with van der Waals surface area (Å²) in [4.78, 5) is 44.6. The minimum Gasteiger partial charge on any atom is -0.493 e. The largest absolute Gasteiger partial charge is 0.493 e. The molecule has 0 spiro atoms. The second-order valence-corrected chi connectivity index (χ2v) is 13.2. The van der Waals surface area contributed by atoms with Gasteiger partial charge in [-0.25, -0.2) is 10.0 Å². The summed E-state index contributed by atoms with van der Waals surface area (Å²) in [6.07, 6.45) is 7.07. The molecule has 0 radical (unpaired) electrons. The van der Waals surface area contributed by atoms with E-state index >= 15 is 0 Å². The zero-order valence-electron chi connectivity index (χ0n) is 33.5. The number of anilines is 1. The van der Waals surface area contributed by atoms with Crippen molar-refractivity contribution >= 4 is 29.9 Å². The van der Waals surface area contributed by atoms with Crippen molar-refractivity contribution in [2.45, 2.75) is 92.4 Å². The lowest BCUT2D eigenvalue weighted by Gasteiger charge is -2.24. The summed E-state index contributed by atoms with van der Waals surface area (Å²) in [5.41, 5.74) is 4.50. The molecule has 298 valence electrons. The average Bonchev–Trinajstić information content (AvgIpc) is 3.51. The number of hydroxylamine groups is 2. The van der Waals surface area contributed by atoms with Crippen LogP contribution in [0.15, 0.2) is 42.5 Å². The molecule has 2 aromatic rings. The van der Waals surface area contributed by atoms with Gasteiger partial charge in [-0.1, -0.05) is 56.5 Å². The molecule has 2 aromatic carbocycles. The van der Waals surface area contributed by atoms with Crippen molar-refractivity contribution < 1.29 is 38.6 Å². The second-order valence-electron chi connectivity index (χ2n) is 13.2. The fraction of sp³-hybridized carbons (Fsp3) is 0.600. The van der Waals surface area contributed by atoms with Gasteiger partial charge in [-0.2, -0.15) is 10.1 Å². The number of benzene rings is 2. The third-order valence-corrected chi connectivity index (χ3v) is 8.27. The van der Waals surface area contributed by atoms with Crippen molar-refractivity contribution in [2.24, 2.45) is 0 Å². The van der Waals surface area contributed by atoms with Gasteiger partial charge in [-0.15, -0.1) is 0 Å². The number of carbonyl (C=O) groups is 4. The van der Waals surface area contributed by atoms with Gasteiger partial charge in [-0.3, -0.25) is 24.2 Å². The highest BCUT2D eigenvalue weighted by Crippen LogP contribution is 2.22. The molecule has 1 N–H and O–H groups in total. The van der Waals surface area contributed by atoms with Crippen LogP contribution in [0, 0.1) is 20.8 Å². The molecule has 0 saturated carbocycles. The number of amides is 2. The first-order valence-corrected chi connectivity index (χ1v) is 18.8. The Morgan fingerprint density at radius 1 is 0.811 bits per heavy atom. The third-order valence-electron chi connectivity index (χ3n) is 8.27. The van der Waals surface area contributed by atoms with E-state index in [1.54, 1.807) is 5.01 Å². The second kappa shape index (κ2) is 27.5. The topological polar surface area (TPSA) is 132 Å². The maximum absolute atomic E-state index is 11.3. The summed E-state index contributed by atoms with van der Waals surface area (Å²) in [6.45, 7) is 13.8. The fourth-order valence-electron chi connectivity index (χ4n) is 4.86. The molecule has 1 heterocycles. The molecule has 53 heavy (non-hydrogen) atoms. The minimum absolute atomic E-state index is 0.116. The Labute approximate surface area is 317 Å². The van der Waals surface area contributed by atoms with Crippen LogP contribution in [0.25, 0.3) is 0 Å². The van der Waals surface area contributed by atoms with Crippen LogP contribution in [0.2, 0.25) is 0 Å². The highest BCUT2D eigenvalue weighted by molar-refractivity contribution is 5.91. The smallest absolute Gasteiger partial charge is 0.307 e. The predicted molar refractivity (Wildman–Crippen MR) is 207 cm³/mol. The monoisotopic (exact) mass is 743 g/mol. The lowest BCUT2D eigenvalue weighted by atomic mass is 10.1. The minimum atomic E-state index is -0.331. The van der Waals surface area contributed by atoms with E-state index in [2.05, 4.69) is 63.2 Å². The maximum Gasteiger partial charge on any atom is 0.307 e. The Hall–Kier alpha value is -4.04. The third kappa shape index (κ3) is 20.7. The number of hydrogen-bond acceptors (Lipinski definition) is 12. The van der Waals surface area contributed by atoms with Gasteiger partial charge in [0, 0.05) is 53.7 Å². The number of unbranched alkanes of at least 4 members (excludes halogenated alkanes) is 3. The summed E-state index contributed by atoms with van der Waals surface area (Å²) in [6, 6.07) is 14.1. The lowest BCUT2D eigenvalue weighted by Crippen LogP contribution is -2.37. The summed E-state index contributed by atoms with van der Waals surface area (Å²) in [7, 11) is 6.23. The van der Waals surface area contributed by atoms with Gasteiger partial charge in [-0.05, 0) is 75.8 Å². The molecule has 3 rings (SSSR count). The molecule has 1 aliphatic heterocycles. The first-order valence-electron chi connectivity index (χ1n) is 18.8. The van der Waals surface area contributed by atoms with Crippen LogP contribution >= 0.6 is 0 Å². The molecule has 1 saturated heterocycles. The average molecular weight is 744 g/mol. The number of imide groups is 1. The van der Waals surface area contributed by atoms with Crippen molar-refractivity contribution in [3.63, 3.8) is 0 Å². The Morgan fingerprint density at radius 2 is 1.42 bits per heavy atom. The number of esters is 2. The summed E-state index contributed by atoms with van der Waals surface area (Å²) < 4.78 is 15.7. The first kappa shape index (κ1) is 47.0. The van der Waals surface area contributed by atoms with E-state index in [-0.39, 0.29) is 43.8 Å². The van der Waals surface area contributed by atoms with Gasteiger partial charge in [0.05, 0.1) is 38.3 Å². The number of hydrazine groups is 2. The van der Waals surface area contributed by atoms with Crippen LogP contribution < -0.4 is 9.75 Å². The number of carbonyl (C=O) groups excluding carboxylic acids is 4. The molecule has 1 fully saturated rings. The Bertz CT molecular complexity index is 1330. The zero-order valence-corrected chi connectivity index (χ0v) is 33.5. The van der Waals surface area contributed by atoms with Gasteiger partial charge in [0.2, 0.25) is 12.3 Å². The molecular formula is C40H65N5O8.